The molecule has 37 heavy (non-hydrogen) atoms. The molecule has 1 aromatic heterocycles. The molecule has 3 heterocycles. The van der Waals surface area contributed by atoms with Gasteiger partial charge in [-0.1, -0.05) is 11.8 Å². The summed E-state index contributed by atoms with van der Waals surface area (Å²) in [6.45, 7) is 3.97. The van der Waals surface area contributed by atoms with Gasteiger partial charge in [-0.15, -0.1) is 35.0 Å². The zero-order valence-corrected chi connectivity index (χ0v) is 23.4. The molecule has 0 bridgehead atoms. The smallest absolute Gasteiger partial charge is 0.393 e. The van der Waals surface area contributed by atoms with Crippen LogP contribution in [0.25, 0.3) is 0 Å². The van der Waals surface area contributed by atoms with E-state index in [0.29, 0.717) is 17.9 Å². The second-order valence-electron chi connectivity index (χ2n) is 10.2. The molecular weight excluding hydrogens is 546 g/mol. The van der Waals surface area contributed by atoms with Crippen LogP contribution in [0.4, 0.5) is 18.9 Å². The van der Waals surface area contributed by atoms with Gasteiger partial charge in [-0.05, 0) is 75.3 Å². The largest absolute Gasteiger partial charge is 0.416 e. The second kappa shape index (κ2) is 12.8. The number of aromatic nitrogens is 3. The van der Waals surface area contributed by atoms with Crippen molar-refractivity contribution in [2.24, 2.45) is 13.0 Å². The predicted octanol–water partition coefficient (Wildman–Crippen LogP) is 5.39. The zero-order chi connectivity index (χ0) is 24.6. The summed E-state index contributed by atoms with van der Waals surface area (Å²) < 4.78 is 40.8. The second-order valence-corrected chi connectivity index (χ2v) is 11.3. The van der Waals surface area contributed by atoms with Gasteiger partial charge in [0.2, 0.25) is 0 Å². The van der Waals surface area contributed by atoms with E-state index in [1.54, 1.807) is 23.9 Å². The van der Waals surface area contributed by atoms with Crippen molar-refractivity contribution >= 4 is 42.3 Å². The Kier molecular flexibility index (Phi) is 10.5. The molecular formula is C25H36Cl2F3N5OS. The maximum absolute atomic E-state index is 12.9. The molecule has 3 fully saturated rings. The number of fused-ring (bicyclic) bond motifs is 1. The topological polar surface area (TPSA) is 57.4 Å². The molecule has 0 radical (unpaired) electrons. The molecule has 2 unspecified atom stereocenters. The van der Waals surface area contributed by atoms with Crippen LogP contribution in [-0.4, -0.2) is 68.8 Å². The Morgan fingerprint density at radius 3 is 2.38 bits per heavy atom. The van der Waals surface area contributed by atoms with Crippen LogP contribution < -0.4 is 4.90 Å². The van der Waals surface area contributed by atoms with E-state index in [-0.39, 0.29) is 30.9 Å². The maximum atomic E-state index is 12.9. The Morgan fingerprint density at radius 2 is 1.70 bits per heavy atom. The van der Waals surface area contributed by atoms with E-state index in [1.165, 1.54) is 12.1 Å². The molecule has 2 aromatic rings. The predicted molar refractivity (Wildman–Crippen MR) is 145 cm³/mol. The van der Waals surface area contributed by atoms with Crippen molar-refractivity contribution in [2.75, 3.05) is 36.8 Å². The van der Waals surface area contributed by atoms with Gasteiger partial charge in [0.15, 0.2) is 5.16 Å². The Balaban J connectivity index is 0.00000190. The monoisotopic (exact) mass is 581 g/mol. The minimum atomic E-state index is -4.29. The Hall–Kier alpha value is -1.20. The first kappa shape index (κ1) is 30.3. The van der Waals surface area contributed by atoms with Gasteiger partial charge in [-0.25, -0.2) is 0 Å². The van der Waals surface area contributed by atoms with Gasteiger partial charge < -0.3 is 19.5 Å². The molecule has 1 saturated carbocycles. The first-order chi connectivity index (χ1) is 16.8. The summed E-state index contributed by atoms with van der Waals surface area (Å²) in [6.07, 6.45) is 1.32. The van der Waals surface area contributed by atoms with Crippen molar-refractivity contribution in [2.45, 2.75) is 67.9 Å². The third-order valence-corrected chi connectivity index (χ3v) is 9.04. The molecule has 2 aliphatic heterocycles. The van der Waals surface area contributed by atoms with E-state index in [9.17, 15) is 18.3 Å². The van der Waals surface area contributed by atoms with E-state index in [1.807, 2.05) is 7.05 Å². The highest BCUT2D eigenvalue weighted by Crippen LogP contribution is 2.37. The molecule has 0 spiro atoms. The molecule has 3 aliphatic rings. The van der Waals surface area contributed by atoms with Crippen LogP contribution in [0.3, 0.4) is 0 Å². The molecule has 12 heteroatoms. The van der Waals surface area contributed by atoms with Crippen molar-refractivity contribution in [3.63, 3.8) is 0 Å². The number of nitrogens with zero attached hydrogens (tertiary/aromatic N) is 5. The molecule has 1 aromatic carbocycles. The zero-order valence-electron chi connectivity index (χ0n) is 20.9. The van der Waals surface area contributed by atoms with E-state index < -0.39 is 11.7 Å². The maximum Gasteiger partial charge on any atom is 0.416 e. The van der Waals surface area contributed by atoms with Gasteiger partial charge in [0.25, 0.3) is 0 Å². The summed E-state index contributed by atoms with van der Waals surface area (Å²) in [5, 5.41) is 19.6. The summed E-state index contributed by atoms with van der Waals surface area (Å²) in [5.74, 6) is 2.99. The quantitative estimate of drug-likeness (QED) is 0.349. The number of hydrogen-bond acceptors (Lipinski definition) is 6. The van der Waals surface area contributed by atoms with Gasteiger partial charge in [-0.3, -0.25) is 0 Å². The standard InChI is InChI=1S/C25H34F3N5OS.2ClH/c1-31-23(17-3-9-21(34)10-4-17)29-30-24(31)35-14-2-12-32-15-18-11-13-33(22(18)16-32)20-7-5-19(6-8-20)25(26,27)28;;/h5-8,17-18,21-22,34H,2-4,9-16H2,1H3;2*1H. The first-order valence-corrected chi connectivity index (χ1v) is 13.6. The van der Waals surface area contributed by atoms with Gasteiger partial charge in [-0.2, -0.15) is 13.2 Å². The van der Waals surface area contributed by atoms with Crippen LogP contribution in [-0.2, 0) is 13.2 Å². The van der Waals surface area contributed by atoms with Crippen molar-refractivity contribution < 1.29 is 18.3 Å². The number of rotatable bonds is 7. The number of anilines is 1. The Morgan fingerprint density at radius 1 is 1.00 bits per heavy atom. The number of thioether (sulfide) groups is 1. The lowest BCUT2D eigenvalue weighted by molar-refractivity contribution is -0.137. The van der Waals surface area contributed by atoms with Crippen LogP contribution >= 0.6 is 36.6 Å². The summed E-state index contributed by atoms with van der Waals surface area (Å²) in [5.41, 5.74) is 0.309. The number of aliphatic hydroxyl groups excluding tert-OH is 1. The SMILES string of the molecule is Cl.Cl.Cn1c(SCCCN2CC3CCN(c4ccc(C(F)(F)F)cc4)C3C2)nnc1C1CCC(O)CC1. The minimum Gasteiger partial charge on any atom is -0.393 e. The fourth-order valence-corrected chi connectivity index (χ4v) is 6.83. The molecule has 6 nitrogen and oxygen atoms in total. The lowest BCUT2D eigenvalue weighted by Crippen LogP contribution is -2.35. The van der Waals surface area contributed by atoms with E-state index in [0.717, 1.165) is 87.1 Å². The highest BCUT2D eigenvalue weighted by Gasteiger charge is 2.41. The van der Waals surface area contributed by atoms with Crippen LogP contribution in [0.2, 0.25) is 0 Å². The number of aliphatic hydroxyl groups is 1. The third-order valence-electron chi connectivity index (χ3n) is 7.93. The molecule has 2 saturated heterocycles. The summed E-state index contributed by atoms with van der Waals surface area (Å²) in [4.78, 5) is 4.80. The fourth-order valence-electron chi connectivity index (χ4n) is 5.99. The highest BCUT2D eigenvalue weighted by atomic mass is 35.5. The highest BCUT2D eigenvalue weighted by molar-refractivity contribution is 7.99. The lowest BCUT2D eigenvalue weighted by Gasteiger charge is -2.27. The number of likely N-dealkylation sites (tertiary alicyclic amines) is 1. The number of hydrogen-bond donors (Lipinski definition) is 1. The Bertz CT molecular complexity index is 1000. The molecule has 208 valence electrons. The van der Waals surface area contributed by atoms with Crippen molar-refractivity contribution in [3.05, 3.63) is 35.7 Å². The van der Waals surface area contributed by atoms with E-state index in [2.05, 4.69) is 24.6 Å². The van der Waals surface area contributed by atoms with Crippen LogP contribution in [0.15, 0.2) is 29.4 Å². The van der Waals surface area contributed by atoms with Crippen molar-refractivity contribution in [1.29, 1.82) is 0 Å². The fraction of sp³-hybridized carbons (Fsp3) is 0.680. The molecule has 0 amide bonds. The molecule has 1 N–H and O–H groups in total. The van der Waals surface area contributed by atoms with Crippen molar-refractivity contribution in [1.82, 2.24) is 19.7 Å². The van der Waals surface area contributed by atoms with Crippen LogP contribution in [0, 0.1) is 5.92 Å². The summed E-state index contributed by atoms with van der Waals surface area (Å²) >= 11 is 1.75. The Labute approximate surface area is 233 Å². The number of halogens is 5. The minimum absolute atomic E-state index is 0. The van der Waals surface area contributed by atoms with Gasteiger partial charge in [0.05, 0.1) is 11.7 Å². The molecule has 2 atom stereocenters. The van der Waals surface area contributed by atoms with Gasteiger partial charge in [0.1, 0.15) is 5.82 Å². The summed E-state index contributed by atoms with van der Waals surface area (Å²) in [7, 11) is 2.04. The van der Waals surface area contributed by atoms with E-state index in [4.69, 9.17) is 0 Å². The lowest BCUT2D eigenvalue weighted by atomic mass is 9.87. The third kappa shape index (κ3) is 6.87. The van der Waals surface area contributed by atoms with Crippen molar-refractivity contribution in [3.8, 4) is 0 Å². The first-order valence-electron chi connectivity index (χ1n) is 12.7. The van der Waals surface area contributed by atoms with Crippen LogP contribution in [0.5, 0.6) is 0 Å². The van der Waals surface area contributed by atoms with Gasteiger partial charge in [0, 0.05) is 50.1 Å². The average molecular weight is 583 g/mol. The normalized spacial score (nSPS) is 26.0. The summed E-state index contributed by atoms with van der Waals surface area (Å²) in [6, 6.07) is 6.02. The molecule has 1 aliphatic carbocycles. The number of benzene rings is 1. The van der Waals surface area contributed by atoms with Gasteiger partial charge >= 0.3 is 6.18 Å². The van der Waals surface area contributed by atoms with Crippen LogP contribution in [0.1, 0.15) is 55.8 Å². The molecule has 5 rings (SSSR count). The van der Waals surface area contributed by atoms with E-state index >= 15 is 0 Å². The number of alkyl halides is 3. The average Bonchev–Trinajstić information content (AvgIpc) is 3.51.